The first-order valence-electron chi connectivity index (χ1n) is 5.65. The molecule has 1 fully saturated rings. The molecule has 1 aliphatic rings. The van der Waals surface area contributed by atoms with Crippen molar-refractivity contribution in [3.05, 3.63) is 23.4 Å². The molecule has 2 N–H and O–H groups in total. The minimum absolute atomic E-state index is 0.327. The van der Waals surface area contributed by atoms with Crippen molar-refractivity contribution in [3.8, 4) is 0 Å². The molecule has 88 valence electrons. The predicted octanol–water partition coefficient (Wildman–Crippen LogP) is 2.12. The van der Waals surface area contributed by atoms with E-state index in [1.165, 1.54) is 0 Å². The van der Waals surface area contributed by atoms with E-state index >= 15 is 0 Å². The van der Waals surface area contributed by atoms with Gasteiger partial charge in [-0.15, -0.1) is 11.8 Å². The number of pyridine rings is 1. The Labute approximate surface area is 101 Å². The molecule has 0 amide bonds. The summed E-state index contributed by atoms with van der Waals surface area (Å²) in [5.74, 6) is 0. The van der Waals surface area contributed by atoms with Gasteiger partial charge >= 0.3 is 0 Å². The quantitative estimate of drug-likeness (QED) is 0.876. The molecule has 1 aliphatic heterocycles. The lowest BCUT2D eigenvalue weighted by Gasteiger charge is -2.13. The zero-order valence-corrected chi connectivity index (χ0v) is 10.6. The highest BCUT2D eigenvalue weighted by atomic mass is 32.2. The van der Waals surface area contributed by atoms with Gasteiger partial charge in [-0.3, -0.25) is 0 Å². The molecule has 1 aromatic rings. The van der Waals surface area contributed by atoms with Crippen LogP contribution in [-0.2, 0) is 11.3 Å². The largest absolute Gasteiger partial charge is 0.377 e. The minimum Gasteiger partial charge on any atom is -0.377 e. The highest BCUT2D eigenvalue weighted by molar-refractivity contribution is 7.99. The number of rotatable bonds is 3. The fraction of sp³-hybridized carbons (Fsp3) is 0.583. The lowest BCUT2D eigenvalue weighted by molar-refractivity contribution is 0.127. The third kappa shape index (κ3) is 2.75. The highest BCUT2D eigenvalue weighted by Crippen LogP contribution is 2.31. The molecule has 16 heavy (non-hydrogen) atoms. The molecule has 1 saturated heterocycles. The second-order valence-electron chi connectivity index (χ2n) is 4.18. The first-order valence-corrected chi connectivity index (χ1v) is 6.53. The van der Waals surface area contributed by atoms with E-state index in [4.69, 9.17) is 10.5 Å². The summed E-state index contributed by atoms with van der Waals surface area (Å²) >= 11 is 1.81. The summed E-state index contributed by atoms with van der Waals surface area (Å²) in [5.41, 5.74) is 7.85. The van der Waals surface area contributed by atoms with Gasteiger partial charge in [-0.1, -0.05) is 0 Å². The second-order valence-corrected chi connectivity index (χ2v) is 5.44. The molecule has 1 aromatic heterocycles. The maximum Gasteiger partial charge on any atom is 0.0969 e. The third-order valence-electron chi connectivity index (χ3n) is 2.80. The van der Waals surface area contributed by atoms with E-state index in [0.29, 0.717) is 17.9 Å². The van der Waals surface area contributed by atoms with Crippen LogP contribution in [0.2, 0.25) is 0 Å². The highest BCUT2D eigenvalue weighted by Gasteiger charge is 2.25. The number of nitrogens with two attached hydrogens (primary N) is 1. The van der Waals surface area contributed by atoms with Crippen LogP contribution in [0.1, 0.15) is 24.6 Å². The normalized spacial score (nSPS) is 24.9. The van der Waals surface area contributed by atoms with Gasteiger partial charge < -0.3 is 10.5 Å². The van der Waals surface area contributed by atoms with Crippen LogP contribution in [0, 0.1) is 6.92 Å². The molecule has 3 nitrogen and oxygen atoms in total. The van der Waals surface area contributed by atoms with Crippen molar-refractivity contribution >= 4 is 11.8 Å². The maximum atomic E-state index is 5.66. The van der Waals surface area contributed by atoms with E-state index in [1.807, 2.05) is 24.8 Å². The first kappa shape index (κ1) is 11.9. The van der Waals surface area contributed by atoms with Crippen LogP contribution >= 0.6 is 11.8 Å². The maximum absolute atomic E-state index is 5.66. The molecular formula is C12H18N2OS. The number of hydrogen-bond acceptors (Lipinski definition) is 4. The van der Waals surface area contributed by atoms with E-state index in [1.54, 1.807) is 0 Å². The summed E-state index contributed by atoms with van der Waals surface area (Å²) in [6.07, 6.45) is 1.44. The van der Waals surface area contributed by atoms with Crippen molar-refractivity contribution in [3.63, 3.8) is 0 Å². The van der Waals surface area contributed by atoms with Gasteiger partial charge in [0.15, 0.2) is 0 Å². The summed E-state index contributed by atoms with van der Waals surface area (Å²) in [6, 6.07) is 4.13. The van der Waals surface area contributed by atoms with Crippen molar-refractivity contribution in [2.75, 3.05) is 6.61 Å². The van der Waals surface area contributed by atoms with Crippen LogP contribution in [0.25, 0.3) is 0 Å². The summed E-state index contributed by atoms with van der Waals surface area (Å²) in [7, 11) is 0. The van der Waals surface area contributed by atoms with Crippen LogP contribution in [0.3, 0.4) is 0 Å². The average molecular weight is 238 g/mol. The van der Waals surface area contributed by atoms with E-state index in [-0.39, 0.29) is 0 Å². The predicted molar refractivity (Wildman–Crippen MR) is 66.5 cm³/mol. The van der Waals surface area contributed by atoms with Crippen molar-refractivity contribution < 1.29 is 4.74 Å². The summed E-state index contributed by atoms with van der Waals surface area (Å²) < 4.78 is 5.55. The van der Waals surface area contributed by atoms with Gasteiger partial charge in [0, 0.05) is 24.1 Å². The Morgan fingerprint density at radius 1 is 1.56 bits per heavy atom. The van der Waals surface area contributed by atoms with Gasteiger partial charge in [0.2, 0.25) is 0 Å². The molecule has 0 saturated carbocycles. The number of aromatic nitrogens is 1. The lowest BCUT2D eigenvalue weighted by atomic mass is 10.2. The molecule has 2 rings (SSSR count). The van der Waals surface area contributed by atoms with E-state index in [2.05, 4.69) is 18.0 Å². The topological polar surface area (TPSA) is 48.1 Å². The van der Waals surface area contributed by atoms with Crippen molar-refractivity contribution in [1.29, 1.82) is 0 Å². The second kappa shape index (κ2) is 5.17. The van der Waals surface area contributed by atoms with Gasteiger partial charge in [0.05, 0.1) is 11.1 Å². The van der Waals surface area contributed by atoms with Crippen molar-refractivity contribution in [1.82, 2.24) is 4.98 Å². The van der Waals surface area contributed by atoms with Crippen LogP contribution in [0.4, 0.5) is 0 Å². The summed E-state index contributed by atoms with van der Waals surface area (Å²) in [6.45, 7) is 5.59. The van der Waals surface area contributed by atoms with Crippen LogP contribution in [0.5, 0.6) is 0 Å². The van der Waals surface area contributed by atoms with Crippen LogP contribution < -0.4 is 5.73 Å². The standard InChI is InChI=1S/C12H18N2OS/c1-8-5-10(7-13)6-12(14-8)16-11-3-4-15-9(11)2/h5-6,9,11H,3-4,7,13H2,1-2H3. The molecule has 2 heterocycles. The van der Waals surface area contributed by atoms with Crippen LogP contribution in [-0.4, -0.2) is 22.9 Å². The Morgan fingerprint density at radius 2 is 2.38 bits per heavy atom. The Hall–Kier alpha value is -0.580. The fourth-order valence-corrected chi connectivity index (χ4v) is 3.12. The number of ether oxygens (including phenoxy) is 1. The molecule has 0 aliphatic carbocycles. The Kier molecular flexibility index (Phi) is 3.84. The summed E-state index contributed by atoms with van der Waals surface area (Å²) in [4.78, 5) is 4.53. The Balaban J connectivity index is 2.11. The molecule has 2 atom stereocenters. The average Bonchev–Trinajstić information content (AvgIpc) is 2.63. The molecule has 0 aromatic carbocycles. The van der Waals surface area contributed by atoms with Gasteiger partial charge in [0.25, 0.3) is 0 Å². The zero-order valence-electron chi connectivity index (χ0n) is 9.77. The molecule has 0 bridgehead atoms. The Morgan fingerprint density at radius 3 is 3.00 bits per heavy atom. The number of nitrogens with zero attached hydrogens (tertiary/aromatic N) is 1. The van der Waals surface area contributed by atoms with Gasteiger partial charge in [-0.05, 0) is 38.0 Å². The third-order valence-corrected chi connectivity index (χ3v) is 4.18. The molecule has 0 radical (unpaired) electrons. The number of aryl methyl sites for hydroxylation is 1. The van der Waals surface area contributed by atoms with Crippen molar-refractivity contribution in [2.24, 2.45) is 5.73 Å². The number of thioether (sulfide) groups is 1. The lowest BCUT2D eigenvalue weighted by Crippen LogP contribution is -2.13. The van der Waals surface area contributed by atoms with Crippen molar-refractivity contribution in [2.45, 2.75) is 43.2 Å². The van der Waals surface area contributed by atoms with E-state index < -0.39 is 0 Å². The molecule has 4 heteroatoms. The molecule has 0 spiro atoms. The van der Waals surface area contributed by atoms with E-state index in [9.17, 15) is 0 Å². The monoisotopic (exact) mass is 238 g/mol. The van der Waals surface area contributed by atoms with E-state index in [0.717, 1.165) is 29.3 Å². The smallest absolute Gasteiger partial charge is 0.0969 e. The minimum atomic E-state index is 0.327. The first-order chi connectivity index (χ1) is 7.69. The van der Waals surface area contributed by atoms with Gasteiger partial charge in [-0.25, -0.2) is 4.98 Å². The molecule has 2 unspecified atom stereocenters. The summed E-state index contributed by atoms with van der Waals surface area (Å²) in [5, 5.41) is 1.60. The van der Waals surface area contributed by atoms with Gasteiger partial charge in [-0.2, -0.15) is 0 Å². The Bertz CT molecular complexity index is 370. The van der Waals surface area contributed by atoms with Crippen LogP contribution in [0.15, 0.2) is 17.2 Å². The van der Waals surface area contributed by atoms with Gasteiger partial charge in [0.1, 0.15) is 0 Å². The fourth-order valence-electron chi connectivity index (χ4n) is 1.91. The zero-order chi connectivity index (χ0) is 11.5. The SMILES string of the molecule is Cc1cc(CN)cc(SC2CCOC2C)n1. The number of hydrogen-bond donors (Lipinski definition) is 1. The molecular weight excluding hydrogens is 220 g/mol.